The largest absolute Gasteiger partial charge is 0.376 e. The van der Waals surface area contributed by atoms with E-state index in [0.717, 1.165) is 16.8 Å². The SMILES string of the molecule is Cc1noc(C)c1-c1nc(NCC2COCCO2)ncc1-c1cnccn1. The van der Waals surface area contributed by atoms with E-state index in [0.29, 0.717) is 49.5 Å². The van der Waals surface area contributed by atoms with Crippen LogP contribution in [0, 0.1) is 13.8 Å². The molecule has 3 aromatic heterocycles. The van der Waals surface area contributed by atoms with E-state index < -0.39 is 0 Å². The first-order valence-electron chi connectivity index (χ1n) is 8.72. The van der Waals surface area contributed by atoms with Gasteiger partial charge in [0.15, 0.2) is 0 Å². The van der Waals surface area contributed by atoms with Crippen LogP contribution >= 0.6 is 0 Å². The summed E-state index contributed by atoms with van der Waals surface area (Å²) in [6.07, 6.45) is 6.66. The molecule has 0 bridgehead atoms. The molecule has 9 heteroatoms. The summed E-state index contributed by atoms with van der Waals surface area (Å²) >= 11 is 0. The summed E-state index contributed by atoms with van der Waals surface area (Å²) in [5, 5.41) is 7.27. The van der Waals surface area contributed by atoms with E-state index in [1.54, 1.807) is 24.8 Å². The number of ether oxygens (including phenoxy) is 2. The molecular weight excluding hydrogens is 348 g/mol. The molecule has 1 aliphatic heterocycles. The van der Waals surface area contributed by atoms with Crippen LogP contribution in [-0.2, 0) is 9.47 Å². The molecule has 27 heavy (non-hydrogen) atoms. The second kappa shape index (κ2) is 7.77. The zero-order valence-corrected chi connectivity index (χ0v) is 15.2. The highest BCUT2D eigenvalue weighted by atomic mass is 16.6. The topological polar surface area (TPSA) is 108 Å². The molecule has 0 saturated carbocycles. The lowest BCUT2D eigenvalue weighted by Gasteiger charge is -2.23. The molecular formula is C18H20N6O3. The van der Waals surface area contributed by atoms with Crippen molar-refractivity contribution in [3.63, 3.8) is 0 Å². The van der Waals surface area contributed by atoms with E-state index in [1.807, 2.05) is 13.8 Å². The van der Waals surface area contributed by atoms with Gasteiger partial charge in [-0.1, -0.05) is 5.16 Å². The molecule has 9 nitrogen and oxygen atoms in total. The van der Waals surface area contributed by atoms with Crippen molar-refractivity contribution in [3.05, 3.63) is 36.2 Å². The van der Waals surface area contributed by atoms with Gasteiger partial charge in [0.05, 0.1) is 54.8 Å². The van der Waals surface area contributed by atoms with Gasteiger partial charge in [-0.2, -0.15) is 0 Å². The molecule has 1 saturated heterocycles. The predicted molar refractivity (Wildman–Crippen MR) is 97.1 cm³/mol. The molecule has 1 fully saturated rings. The molecule has 1 unspecified atom stereocenters. The number of hydrogen-bond acceptors (Lipinski definition) is 9. The molecule has 0 aliphatic carbocycles. The van der Waals surface area contributed by atoms with E-state index in [9.17, 15) is 0 Å². The molecule has 0 spiro atoms. The van der Waals surface area contributed by atoms with Crippen molar-refractivity contribution in [3.8, 4) is 22.5 Å². The van der Waals surface area contributed by atoms with Gasteiger partial charge in [0.1, 0.15) is 5.76 Å². The van der Waals surface area contributed by atoms with E-state index in [1.165, 1.54) is 0 Å². The normalized spacial score (nSPS) is 17.0. The van der Waals surface area contributed by atoms with Crippen LogP contribution in [0.2, 0.25) is 0 Å². The second-order valence-electron chi connectivity index (χ2n) is 6.19. The van der Waals surface area contributed by atoms with Gasteiger partial charge >= 0.3 is 0 Å². The maximum absolute atomic E-state index is 5.65. The highest BCUT2D eigenvalue weighted by molar-refractivity contribution is 5.80. The van der Waals surface area contributed by atoms with Crippen molar-refractivity contribution in [2.45, 2.75) is 20.0 Å². The Balaban J connectivity index is 1.68. The first-order valence-corrected chi connectivity index (χ1v) is 8.72. The monoisotopic (exact) mass is 368 g/mol. The van der Waals surface area contributed by atoms with Crippen LogP contribution in [0.4, 0.5) is 5.95 Å². The van der Waals surface area contributed by atoms with Gasteiger partial charge in [0, 0.05) is 30.7 Å². The van der Waals surface area contributed by atoms with E-state index in [-0.39, 0.29) is 6.10 Å². The summed E-state index contributed by atoms with van der Waals surface area (Å²) in [6, 6.07) is 0. The van der Waals surface area contributed by atoms with E-state index in [4.69, 9.17) is 19.0 Å². The summed E-state index contributed by atoms with van der Waals surface area (Å²) in [5.41, 5.74) is 3.73. The first-order chi connectivity index (χ1) is 13.2. The van der Waals surface area contributed by atoms with Crippen LogP contribution in [0.1, 0.15) is 11.5 Å². The van der Waals surface area contributed by atoms with Crippen molar-refractivity contribution >= 4 is 5.95 Å². The number of hydrogen-bond donors (Lipinski definition) is 1. The number of rotatable bonds is 5. The minimum Gasteiger partial charge on any atom is -0.376 e. The summed E-state index contributed by atoms with van der Waals surface area (Å²) in [5.74, 6) is 1.18. The minimum absolute atomic E-state index is 0.0236. The van der Waals surface area contributed by atoms with E-state index in [2.05, 4.69) is 25.4 Å². The van der Waals surface area contributed by atoms with Crippen molar-refractivity contribution in [2.24, 2.45) is 0 Å². The van der Waals surface area contributed by atoms with Crippen molar-refractivity contribution < 1.29 is 14.0 Å². The fourth-order valence-electron chi connectivity index (χ4n) is 2.96. The van der Waals surface area contributed by atoms with Crippen molar-refractivity contribution in [2.75, 3.05) is 31.7 Å². The quantitative estimate of drug-likeness (QED) is 0.723. The summed E-state index contributed by atoms with van der Waals surface area (Å²) < 4.78 is 16.4. The highest BCUT2D eigenvalue weighted by Gasteiger charge is 2.21. The van der Waals surface area contributed by atoms with Crippen LogP contribution in [-0.4, -0.2) is 57.6 Å². The lowest BCUT2D eigenvalue weighted by Crippen LogP contribution is -2.34. The average molecular weight is 368 g/mol. The Kier molecular flexibility index (Phi) is 5.03. The summed E-state index contributed by atoms with van der Waals surface area (Å²) in [4.78, 5) is 17.7. The maximum Gasteiger partial charge on any atom is 0.223 e. The Bertz CT molecular complexity index is 889. The van der Waals surface area contributed by atoms with Crippen molar-refractivity contribution in [1.82, 2.24) is 25.1 Å². The molecule has 3 aromatic rings. The molecule has 4 heterocycles. The smallest absolute Gasteiger partial charge is 0.223 e. The molecule has 0 aromatic carbocycles. The van der Waals surface area contributed by atoms with E-state index >= 15 is 0 Å². The Morgan fingerprint density at radius 3 is 2.78 bits per heavy atom. The number of aryl methyl sites for hydroxylation is 2. The van der Waals surface area contributed by atoms with Gasteiger partial charge < -0.3 is 19.3 Å². The van der Waals surface area contributed by atoms with Gasteiger partial charge in [-0.25, -0.2) is 9.97 Å². The zero-order chi connectivity index (χ0) is 18.6. The van der Waals surface area contributed by atoms with Crippen LogP contribution in [0.25, 0.3) is 22.5 Å². The molecule has 4 rings (SSSR count). The van der Waals surface area contributed by atoms with Gasteiger partial charge in [0.25, 0.3) is 0 Å². The molecule has 0 radical (unpaired) electrons. The Morgan fingerprint density at radius 1 is 1.15 bits per heavy atom. The maximum atomic E-state index is 5.65. The third-order valence-corrected chi connectivity index (χ3v) is 4.27. The summed E-state index contributed by atoms with van der Waals surface area (Å²) in [7, 11) is 0. The Labute approximate surface area is 156 Å². The second-order valence-corrected chi connectivity index (χ2v) is 6.19. The lowest BCUT2D eigenvalue weighted by molar-refractivity contribution is -0.0819. The van der Waals surface area contributed by atoms with Crippen LogP contribution in [0.3, 0.4) is 0 Å². The molecule has 1 atom stereocenters. The Morgan fingerprint density at radius 2 is 2.07 bits per heavy atom. The zero-order valence-electron chi connectivity index (χ0n) is 15.2. The number of nitrogens with one attached hydrogen (secondary N) is 1. The van der Waals surface area contributed by atoms with Gasteiger partial charge in [0.2, 0.25) is 5.95 Å². The van der Waals surface area contributed by atoms with Gasteiger partial charge in [-0.3, -0.25) is 9.97 Å². The number of aromatic nitrogens is 5. The Hall–Kier alpha value is -2.91. The third-order valence-electron chi connectivity index (χ3n) is 4.27. The lowest BCUT2D eigenvalue weighted by atomic mass is 10.0. The highest BCUT2D eigenvalue weighted by Crippen LogP contribution is 2.33. The fraction of sp³-hybridized carbons (Fsp3) is 0.389. The van der Waals surface area contributed by atoms with Gasteiger partial charge in [-0.15, -0.1) is 0 Å². The van der Waals surface area contributed by atoms with Crippen LogP contribution in [0.5, 0.6) is 0 Å². The summed E-state index contributed by atoms with van der Waals surface area (Å²) in [6.45, 7) is 6.10. The molecule has 0 amide bonds. The predicted octanol–water partition coefficient (Wildman–Crippen LogP) is 2.03. The minimum atomic E-state index is -0.0236. The molecule has 140 valence electrons. The standard InChI is InChI=1S/C18H20N6O3/c1-11-16(12(2)27-24-11)17-14(15-9-19-3-4-20-15)8-22-18(23-17)21-7-13-10-25-5-6-26-13/h3-4,8-9,13H,5-7,10H2,1-2H3,(H,21,22,23). The fourth-order valence-corrected chi connectivity index (χ4v) is 2.96. The number of anilines is 1. The number of nitrogens with zero attached hydrogens (tertiary/aromatic N) is 5. The van der Waals surface area contributed by atoms with Gasteiger partial charge in [-0.05, 0) is 13.8 Å². The first kappa shape index (κ1) is 17.5. The van der Waals surface area contributed by atoms with Crippen molar-refractivity contribution in [1.29, 1.82) is 0 Å². The average Bonchev–Trinajstić information content (AvgIpc) is 3.06. The third kappa shape index (κ3) is 3.79. The van der Waals surface area contributed by atoms with Crippen LogP contribution < -0.4 is 5.32 Å². The molecule has 1 N–H and O–H groups in total. The molecule has 1 aliphatic rings. The van der Waals surface area contributed by atoms with Crippen LogP contribution in [0.15, 0.2) is 29.3 Å².